The molecule has 0 heteroatoms. The van der Waals surface area contributed by atoms with Gasteiger partial charge in [-0.05, 0) is 13.3 Å². The summed E-state index contributed by atoms with van der Waals surface area (Å²) in [4.78, 5) is 0. The third-order valence-corrected chi connectivity index (χ3v) is 4.80. The average molecular weight is 333 g/mol. The number of hydrogen-bond acceptors (Lipinski definition) is 0. The van der Waals surface area contributed by atoms with E-state index in [1.807, 2.05) is 0 Å². The predicted octanol–water partition coefficient (Wildman–Crippen LogP) is 8.46. The van der Waals surface area contributed by atoms with Crippen LogP contribution in [0.2, 0.25) is 0 Å². The molecule has 0 bridgehead atoms. The summed E-state index contributed by atoms with van der Waals surface area (Å²) >= 11 is 0. The van der Waals surface area contributed by atoms with Crippen molar-refractivity contribution in [3.05, 3.63) is 13.8 Å². The van der Waals surface area contributed by atoms with Crippen molar-refractivity contribution in [1.82, 2.24) is 0 Å². The van der Waals surface area contributed by atoms with E-state index >= 15 is 0 Å². The summed E-state index contributed by atoms with van der Waals surface area (Å²) in [5.74, 6) is 6.22. The second-order valence-corrected chi connectivity index (χ2v) is 7.22. The van der Waals surface area contributed by atoms with E-state index in [0.29, 0.717) is 0 Å². The summed E-state index contributed by atoms with van der Waals surface area (Å²) < 4.78 is 0. The Morgan fingerprint density at radius 1 is 0.375 bits per heavy atom. The van der Waals surface area contributed by atoms with Gasteiger partial charge in [-0.25, -0.2) is 0 Å². The maximum absolute atomic E-state index is 3.90. The van der Waals surface area contributed by atoms with E-state index in [2.05, 4.69) is 25.7 Å². The van der Waals surface area contributed by atoms with Gasteiger partial charge in [0.15, 0.2) is 0 Å². The van der Waals surface area contributed by atoms with Crippen LogP contribution in [0.4, 0.5) is 0 Å². The zero-order chi connectivity index (χ0) is 17.6. The van der Waals surface area contributed by atoms with Crippen molar-refractivity contribution < 1.29 is 0 Å². The van der Waals surface area contributed by atoms with Gasteiger partial charge in [0.2, 0.25) is 0 Å². The van der Waals surface area contributed by atoms with Crippen LogP contribution in [0.5, 0.6) is 0 Å². The SMILES string of the molecule is [CH2]CC#CCCCCCCCCCCCCCCCCCCC[CH2]. The minimum Gasteiger partial charge on any atom is -0.103 e. The van der Waals surface area contributed by atoms with E-state index in [-0.39, 0.29) is 0 Å². The van der Waals surface area contributed by atoms with Gasteiger partial charge in [0, 0.05) is 12.8 Å². The first-order chi connectivity index (χ1) is 11.9. The molecular formula is C24H44. The van der Waals surface area contributed by atoms with Gasteiger partial charge in [-0.3, -0.25) is 0 Å². The summed E-state index contributed by atoms with van der Waals surface area (Å²) in [5, 5.41) is 0. The summed E-state index contributed by atoms with van der Waals surface area (Å²) in [5.41, 5.74) is 0. The lowest BCUT2D eigenvalue weighted by Gasteiger charge is -2.03. The van der Waals surface area contributed by atoms with Crippen LogP contribution >= 0.6 is 0 Å². The molecule has 2 radical (unpaired) electrons. The molecule has 0 fully saturated rings. The lowest BCUT2D eigenvalue weighted by atomic mass is 10.0. The molecular weight excluding hydrogens is 288 g/mol. The van der Waals surface area contributed by atoms with Gasteiger partial charge in [0.05, 0.1) is 0 Å². The highest BCUT2D eigenvalue weighted by molar-refractivity contribution is 4.98. The minimum atomic E-state index is 0.761. The highest BCUT2D eigenvalue weighted by Gasteiger charge is 1.94. The zero-order valence-corrected chi connectivity index (χ0v) is 16.6. The quantitative estimate of drug-likeness (QED) is 0.174. The Labute approximate surface area is 154 Å². The normalized spacial score (nSPS) is 10.6. The van der Waals surface area contributed by atoms with Gasteiger partial charge in [0.25, 0.3) is 0 Å². The first kappa shape index (κ1) is 23.6. The molecule has 0 nitrogen and oxygen atoms in total. The second-order valence-electron chi connectivity index (χ2n) is 7.22. The Balaban J connectivity index is 2.98. The average Bonchev–Trinajstić information content (AvgIpc) is 2.60. The molecule has 0 aromatic heterocycles. The Kier molecular flexibility index (Phi) is 22.1. The van der Waals surface area contributed by atoms with E-state index < -0.39 is 0 Å². The predicted molar refractivity (Wildman–Crippen MR) is 111 cm³/mol. The Hall–Kier alpha value is -0.440. The molecule has 0 heterocycles. The topological polar surface area (TPSA) is 0 Å². The van der Waals surface area contributed by atoms with Crippen LogP contribution < -0.4 is 0 Å². The third kappa shape index (κ3) is 21.6. The molecule has 140 valence electrons. The molecule has 0 saturated carbocycles. The van der Waals surface area contributed by atoms with Crippen LogP contribution in [0.3, 0.4) is 0 Å². The van der Waals surface area contributed by atoms with Crippen molar-refractivity contribution in [2.75, 3.05) is 0 Å². The van der Waals surface area contributed by atoms with Gasteiger partial charge in [-0.1, -0.05) is 116 Å². The Bertz CT molecular complexity index is 267. The maximum Gasteiger partial charge on any atom is 0.00890 e. The van der Waals surface area contributed by atoms with Crippen molar-refractivity contribution in [1.29, 1.82) is 0 Å². The van der Waals surface area contributed by atoms with Gasteiger partial charge < -0.3 is 0 Å². The third-order valence-electron chi connectivity index (χ3n) is 4.80. The van der Waals surface area contributed by atoms with E-state index in [9.17, 15) is 0 Å². The highest BCUT2D eigenvalue weighted by atomic mass is 14.0. The molecule has 0 amide bonds. The smallest absolute Gasteiger partial charge is 0.00890 e. The van der Waals surface area contributed by atoms with Gasteiger partial charge >= 0.3 is 0 Å². The standard InChI is InChI=1S/C24H44/c1-3-5-7-9-11-13-15-17-19-21-23-24-22-20-18-16-14-12-10-8-6-4-2/h1-5,7,9-24H2. The largest absolute Gasteiger partial charge is 0.103 e. The van der Waals surface area contributed by atoms with Crippen molar-refractivity contribution >= 4 is 0 Å². The van der Waals surface area contributed by atoms with Crippen LogP contribution in [0.1, 0.15) is 128 Å². The molecule has 24 heavy (non-hydrogen) atoms. The summed E-state index contributed by atoms with van der Waals surface area (Å²) in [6.45, 7) is 7.63. The Morgan fingerprint density at radius 2 is 0.708 bits per heavy atom. The fraction of sp³-hybridized carbons (Fsp3) is 0.833. The van der Waals surface area contributed by atoms with E-state index in [4.69, 9.17) is 0 Å². The molecule has 0 aromatic rings. The first-order valence-corrected chi connectivity index (χ1v) is 11.0. The van der Waals surface area contributed by atoms with Crippen LogP contribution in [0, 0.1) is 25.7 Å². The van der Waals surface area contributed by atoms with Crippen molar-refractivity contribution in [3.63, 3.8) is 0 Å². The van der Waals surface area contributed by atoms with Crippen molar-refractivity contribution in [2.45, 2.75) is 128 Å². The number of unbranched alkanes of at least 4 members (excludes halogenated alkanes) is 18. The van der Waals surface area contributed by atoms with E-state index in [1.54, 1.807) is 0 Å². The van der Waals surface area contributed by atoms with Gasteiger partial charge in [-0.15, -0.1) is 11.8 Å². The van der Waals surface area contributed by atoms with Crippen LogP contribution in [0.15, 0.2) is 0 Å². The summed E-state index contributed by atoms with van der Waals surface area (Å²) in [6.07, 6.45) is 27.2. The molecule has 0 unspecified atom stereocenters. The molecule has 0 atom stereocenters. The van der Waals surface area contributed by atoms with Gasteiger partial charge in [-0.2, -0.15) is 0 Å². The molecule has 0 saturated heterocycles. The zero-order valence-electron chi connectivity index (χ0n) is 16.6. The number of rotatable bonds is 18. The first-order valence-electron chi connectivity index (χ1n) is 11.0. The van der Waals surface area contributed by atoms with Gasteiger partial charge in [0.1, 0.15) is 0 Å². The van der Waals surface area contributed by atoms with Crippen molar-refractivity contribution in [2.24, 2.45) is 0 Å². The monoisotopic (exact) mass is 332 g/mol. The Morgan fingerprint density at radius 3 is 1.04 bits per heavy atom. The lowest BCUT2D eigenvalue weighted by molar-refractivity contribution is 0.526. The van der Waals surface area contributed by atoms with E-state index in [0.717, 1.165) is 19.3 Å². The fourth-order valence-electron chi connectivity index (χ4n) is 3.22. The molecule has 0 aromatic carbocycles. The molecule has 0 aliphatic heterocycles. The molecule has 0 aliphatic rings. The fourth-order valence-corrected chi connectivity index (χ4v) is 3.22. The molecule has 0 spiro atoms. The number of hydrogen-bond donors (Lipinski definition) is 0. The lowest BCUT2D eigenvalue weighted by Crippen LogP contribution is -1.84. The van der Waals surface area contributed by atoms with Crippen LogP contribution in [-0.4, -0.2) is 0 Å². The summed E-state index contributed by atoms with van der Waals surface area (Å²) in [6, 6.07) is 0. The second kappa shape index (κ2) is 22.6. The molecule has 0 aliphatic carbocycles. The van der Waals surface area contributed by atoms with Crippen LogP contribution in [0.25, 0.3) is 0 Å². The molecule has 0 N–H and O–H groups in total. The minimum absolute atomic E-state index is 0.761. The molecule has 0 rings (SSSR count). The maximum atomic E-state index is 3.90. The highest BCUT2D eigenvalue weighted by Crippen LogP contribution is 2.14. The van der Waals surface area contributed by atoms with Crippen LogP contribution in [-0.2, 0) is 0 Å². The van der Waals surface area contributed by atoms with Crippen molar-refractivity contribution in [3.8, 4) is 11.8 Å². The van der Waals surface area contributed by atoms with E-state index in [1.165, 1.54) is 109 Å². The summed E-state index contributed by atoms with van der Waals surface area (Å²) in [7, 11) is 0.